The molecule has 0 spiro atoms. The zero-order valence-corrected chi connectivity index (χ0v) is 21.7. The molecule has 2 aliphatic rings. The number of halogens is 3. The van der Waals surface area contributed by atoms with E-state index >= 15 is 0 Å². The van der Waals surface area contributed by atoms with Crippen molar-refractivity contribution < 1.29 is 14.0 Å². The van der Waals surface area contributed by atoms with Crippen LogP contribution in [-0.2, 0) is 21.7 Å². The molecule has 8 heteroatoms. The zero-order valence-electron chi connectivity index (χ0n) is 19.4. The third-order valence-electron chi connectivity index (χ3n) is 7.50. The van der Waals surface area contributed by atoms with Crippen molar-refractivity contribution in [2.45, 2.75) is 24.9 Å². The predicted octanol–water partition coefficient (Wildman–Crippen LogP) is 5.95. The van der Waals surface area contributed by atoms with Crippen LogP contribution >= 0.6 is 27.5 Å². The first-order valence-electron chi connectivity index (χ1n) is 11.7. The number of carbonyl (C=O) groups is 2. The van der Waals surface area contributed by atoms with E-state index in [9.17, 15) is 14.0 Å². The van der Waals surface area contributed by atoms with Gasteiger partial charge in [-0.3, -0.25) is 9.59 Å². The molecule has 36 heavy (non-hydrogen) atoms. The van der Waals surface area contributed by atoms with Crippen LogP contribution in [0.2, 0.25) is 5.02 Å². The largest absolute Gasteiger partial charge is 0.356 e. The number of nitrogens with zero attached hydrogens (tertiary/aromatic N) is 2. The number of piperazine rings is 1. The molecule has 3 heterocycles. The fraction of sp³-hybridized carbons (Fsp3) is 0.214. The molecule has 5 nitrogen and oxygen atoms in total. The molecule has 2 aliphatic heterocycles. The number of aromatic nitrogens is 1. The van der Waals surface area contributed by atoms with Crippen molar-refractivity contribution in [3.8, 4) is 0 Å². The van der Waals surface area contributed by atoms with Crippen molar-refractivity contribution >= 4 is 50.2 Å². The van der Waals surface area contributed by atoms with E-state index in [4.69, 9.17) is 11.6 Å². The molecule has 3 aromatic carbocycles. The maximum atomic E-state index is 14.6. The molecule has 0 aliphatic carbocycles. The normalized spacial score (nSPS) is 21.6. The van der Waals surface area contributed by atoms with Gasteiger partial charge in [0.2, 0.25) is 5.91 Å². The molecular formula is C28H22BrClFN3O2. The minimum atomic E-state index is -1.26. The van der Waals surface area contributed by atoms with Crippen molar-refractivity contribution in [3.05, 3.63) is 104 Å². The molecular weight excluding hydrogens is 545 g/mol. The molecule has 182 valence electrons. The van der Waals surface area contributed by atoms with Gasteiger partial charge >= 0.3 is 0 Å². The summed E-state index contributed by atoms with van der Waals surface area (Å²) in [5, 5.41) is 1.25. The summed E-state index contributed by atoms with van der Waals surface area (Å²) in [4.78, 5) is 34.3. The average Bonchev–Trinajstić information content (AvgIpc) is 3.26. The lowest BCUT2D eigenvalue weighted by molar-refractivity contribution is -0.167. The van der Waals surface area contributed by atoms with Gasteiger partial charge in [0.15, 0.2) is 5.54 Å². The molecule has 0 saturated carbocycles. The first kappa shape index (κ1) is 23.3. The predicted molar refractivity (Wildman–Crippen MR) is 140 cm³/mol. The van der Waals surface area contributed by atoms with Gasteiger partial charge in [-0.05, 0) is 48.4 Å². The van der Waals surface area contributed by atoms with Crippen LogP contribution in [0.4, 0.5) is 4.39 Å². The third kappa shape index (κ3) is 3.40. The number of nitrogens with one attached hydrogen (secondary N) is 1. The molecule has 1 saturated heterocycles. The quantitative estimate of drug-likeness (QED) is 0.333. The SMILES string of the molecule is C[C@]12C(=O)N(Cc3c(F)cccc3Cl)CC(=O)N1CC(c1ccc(Br)cc1)c1c2[nH]c2ccccc12. The summed E-state index contributed by atoms with van der Waals surface area (Å²) in [6, 6.07) is 20.4. The van der Waals surface area contributed by atoms with Gasteiger partial charge in [-0.25, -0.2) is 4.39 Å². The maximum Gasteiger partial charge on any atom is 0.255 e. The minimum Gasteiger partial charge on any atom is -0.356 e. The maximum absolute atomic E-state index is 14.6. The fourth-order valence-electron chi connectivity index (χ4n) is 5.67. The van der Waals surface area contributed by atoms with Crippen LogP contribution in [0.3, 0.4) is 0 Å². The van der Waals surface area contributed by atoms with E-state index in [0.717, 1.165) is 26.5 Å². The highest BCUT2D eigenvalue weighted by Gasteiger charge is 2.56. The Hall–Kier alpha value is -3.16. The van der Waals surface area contributed by atoms with Gasteiger partial charge in [0.1, 0.15) is 12.4 Å². The Balaban J connectivity index is 1.51. The summed E-state index contributed by atoms with van der Waals surface area (Å²) in [6.07, 6.45) is 0. The Bertz CT molecular complexity index is 1520. The molecule has 1 aromatic heterocycles. The summed E-state index contributed by atoms with van der Waals surface area (Å²) in [7, 11) is 0. The van der Waals surface area contributed by atoms with Gasteiger partial charge in [-0.15, -0.1) is 0 Å². The summed E-state index contributed by atoms with van der Waals surface area (Å²) in [5.41, 5.74) is 2.63. The van der Waals surface area contributed by atoms with E-state index in [0.29, 0.717) is 12.2 Å². The van der Waals surface area contributed by atoms with E-state index < -0.39 is 11.4 Å². The summed E-state index contributed by atoms with van der Waals surface area (Å²) >= 11 is 9.76. The third-order valence-corrected chi connectivity index (χ3v) is 8.38. The number of carbonyl (C=O) groups excluding carboxylic acids is 2. The lowest BCUT2D eigenvalue weighted by atomic mass is 9.76. The van der Waals surface area contributed by atoms with E-state index in [1.54, 1.807) is 17.9 Å². The monoisotopic (exact) mass is 565 g/mol. The number of fused-ring (bicyclic) bond motifs is 5. The molecule has 2 atom stereocenters. The molecule has 0 radical (unpaired) electrons. The number of amides is 2. The Morgan fingerprint density at radius 1 is 1.08 bits per heavy atom. The van der Waals surface area contributed by atoms with Crippen LogP contribution in [0.1, 0.15) is 35.2 Å². The van der Waals surface area contributed by atoms with Crippen LogP contribution in [0, 0.1) is 5.82 Å². The van der Waals surface area contributed by atoms with Crippen LogP contribution in [0.5, 0.6) is 0 Å². The lowest BCUT2D eigenvalue weighted by Crippen LogP contribution is -2.67. The van der Waals surface area contributed by atoms with E-state index in [-0.39, 0.29) is 41.4 Å². The lowest BCUT2D eigenvalue weighted by Gasteiger charge is -2.51. The van der Waals surface area contributed by atoms with Crippen LogP contribution < -0.4 is 0 Å². The van der Waals surface area contributed by atoms with Gasteiger partial charge in [0.25, 0.3) is 5.91 Å². The Morgan fingerprint density at radius 3 is 2.58 bits per heavy atom. The molecule has 2 amide bonds. The van der Waals surface area contributed by atoms with E-state index in [2.05, 4.69) is 20.9 Å². The Kier molecular flexibility index (Phi) is 5.46. The van der Waals surface area contributed by atoms with Crippen molar-refractivity contribution in [3.63, 3.8) is 0 Å². The number of H-pyrrole nitrogens is 1. The van der Waals surface area contributed by atoms with Gasteiger partial charge in [-0.2, -0.15) is 0 Å². The summed E-state index contributed by atoms with van der Waals surface area (Å²) in [5.74, 6) is -1.05. The fourth-order valence-corrected chi connectivity index (χ4v) is 6.16. The second-order valence-electron chi connectivity index (χ2n) is 9.50. The van der Waals surface area contributed by atoms with E-state index in [1.807, 2.05) is 48.5 Å². The molecule has 4 aromatic rings. The molecule has 1 N–H and O–H groups in total. The highest BCUT2D eigenvalue weighted by molar-refractivity contribution is 9.10. The second kappa shape index (κ2) is 8.46. The highest BCUT2D eigenvalue weighted by atomic mass is 79.9. The standard InChI is InChI=1S/C28H22BrClFN3O2/c1-28-26-25(18-5-2-3-8-23(18)32-26)19(16-9-11-17(29)12-10-16)14-34(28)24(35)15-33(27(28)36)13-20-21(30)6-4-7-22(20)31/h2-12,19,32H,13-15H2,1H3/t19?,28-/m0/s1. The minimum absolute atomic E-state index is 0.0782. The topological polar surface area (TPSA) is 56.4 Å². The van der Waals surface area contributed by atoms with Crippen LogP contribution in [-0.4, -0.2) is 39.7 Å². The number of aromatic amines is 1. The number of hydrogen-bond donors (Lipinski definition) is 1. The first-order chi connectivity index (χ1) is 17.3. The number of benzene rings is 3. The molecule has 6 rings (SSSR count). The highest BCUT2D eigenvalue weighted by Crippen LogP contribution is 2.48. The van der Waals surface area contributed by atoms with Gasteiger partial charge in [0.05, 0.1) is 12.2 Å². The average molecular weight is 567 g/mol. The van der Waals surface area contributed by atoms with E-state index in [1.165, 1.54) is 17.0 Å². The Morgan fingerprint density at radius 2 is 1.83 bits per heavy atom. The van der Waals surface area contributed by atoms with Gasteiger partial charge in [0, 0.05) is 38.4 Å². The molecule has 1 fully saturated rings. The number of para-hydroxylation sites is 1. The molecule has 1 unspecified atom stereocenters. The Labute approximate surface area is 221 Å². The number of rotatable bonds is 3. The molecule has 0 bridgehead atoms. The van der Waals surface area contributed by atoms with Crippen molar-refractivity contribution in [2.24, 2.45) is 0 Å². The first-order valence-corrected chi connectivity index (χ1v) is 12.9. The van der Waals surface area contributed by atoms with Crippen LogP contribution in [0.25, 0.3) is 10.9 Å². The second-order valence-corrected chi connectivity index (χ2v) is 10.8. The number of hydrogen-bond acceptors (Lipinski definition) is 2. The van der Waals surface area contributed by atoms with Crippen LogP contribution in [0.15, 0.2) is 71.2 Å². The summed E-state index contributed by atoms with van der Waals surface area (Å²) in [6.45, 7) is 1.94. The van der Waals surface area contributed by atoms with Crippen molar-refractivity contribution in [1.82, 2.24) is 14.8 Å². The smallest absolute Gasteiger partial charge is 0.255 e. The van der Waals surface area contributed by atoms with Gasteiger partial charge < -0.3 is 14.8 Å². The van der Waals surface area contributed by atoms with Crippen molar-refractivity contribution in [1.29, 1.82) is 0 Å². The zero-order chi connectivity index (χ0) is 25.2. The van der Waals surface area contributed by atoms with Crippen molar-refractivity contribution in [2.75, 3.05) is 13.1 Å². The van der Waals surface area contributed by atoms with Gasteiger partial charge in [-0.1, -0.05) is 63.9 Å². The summed E-state index contributed by atoms with van der Waals surface area (Å²) < 4.78 is 15.5.